The van der Waals surface area contributed by atoms with Gasteiger partial charge in [0, 0.05) is 20.7 Å². The van der Waals surface area contributed by atoms with Crippen LogP contribution in [-0.4, -0.2) is 4.98 Å². The molecule has 0 N–H and O–H groups in total. The minimum Gasteiger partial charge on any atom is -0.489 e. The van der Waals surface area contributed by atoms with Crippen LogP contribution in [-0.2, 0) is 6.61 Å². The average molecular weight is 361 g/mol. The van der Waals surface area contributed by atoms with Gasteiger partial charge in [0.15, 0.2) is 0 Å². The number of rotatable bonds is 3. The monoisotopic (exact) mass is 361 g/mol. The zero-order valence-corrected chi connectivity index (χ0v) is 12.4. The molecule has 2 aromatic carbocycles. The van der Waals surface area contributed by atoms with Crippen molar-refractivity contribution in [3.05, 3.63) is 69.9 Å². The Kier molecular flexibility index (Phi) is 3.64. The van der Waals surface area contributed by atoms with E-state index in [2.05, 4.69) is 45.8 Å². The van der Waals surface area contributed by atoms with Crippen LogP contribution in [0.15, 0.2) is 60.8 Å². The molecule has 94 valence electrons. The lowest BCUT2D eigenvalue weighted by molar-refractivity contribution is 0.307. The molecular weight excluding hydrogens is 349 g/mol. The molecule has 1 heterocycles. The number of aromatic nitrogens is 1. The lowest BCUT2D eigenvalue weighted by Gasteiger charge is -2.08. The Hall–Kier alpha value is -1.62. The molecule has 0 atom stereocenters. The molecule has 0 fully saturated rings. The molecule has 0 aliphatic rings. The summed E-state index contributed by atoms with van der Waals surface area (Å²) in [6.45, 7) is 0.537. The fourth-order valence-electron chi connectivity index (χ4n) is 1.98. The summed E-state index contributed by atoms with van der Waals surface area (Å²) in [5.74, 6) is 0.883. The Labute approximate surface area is 125 Å². The Morgan fingerprint density at radius 1 is 0.947 bits per heavy atom. The van der Waals surface area contributed by atoms with Crippen LogP contribution in [0, 0.1) is 3.57 Å². The van der Waals surface area contributed by atoms with Crippen molar-refractivity contribution in [2.24, 2.45) is 0 Å². The molecule has 0 aliphatic carbocycles. The zero-order chi connectivity index (χ0) is 13.1. The molecule has 0 saturated heterocycles. The van der Waals surface area contributed by atoms with Crippen LogP contribution in [0.5, 0.6) is 5.75 Å². The minimum atomic E-state index is 0.537. The highest BCUT2D eigenvalue weighted by molar-refractivity contribution is 14.1. The van der Waals surface area contributed by atoms with Crippen molar-refractivity contribution in [2.75, 3.05) is 0 Å². The largest absolute Gasteiger partial charge is 0.489 e. The molecule has 1 aromatic heterocycles. The maximum Gasteiger partial charge on any atom is 0.119 e. The quantitative estimate of drug-likeness (QED) is 0.645. The second-order valence-electron chi connectivity index (χ2n) is 4.23. The molecule has 3 aromatic rings. The normalized spacial score (nSPS) is 10.6. The number of hydrogen-bond acceptors (Lipinski definition) is 2. The lowest BCUT2D eigenvalue weighted by atomic mass is 10.1. The minimum absolute atomic E-state index is 0.537. The van der Waals surface area contributed by atoms with Crippen LogP contribution in [0.2, 0.25) is 0 Å². The van der Waals surface area contributed by atoms with Crippen molar-refractivity contribution < 1.29 is 4.74 Å². The fraction of sp³-hybridized carbons (Fsp3) is 0.0625. The highest BCUT2D eigenvalue weighted by atomic mass is 127. The molecule has 0 bridgehead atoms. The first-order chi connectivity index (χ1) is 9.33. The Bertz CT molecular complexity index is 689. The van der Waals surface area contributed by atoms with E-state index in [1.54, 1.807) is 0 Å². The zero-order valence-electron chi connectivity index (χ0n) is 10.2. The summed E-state index contributed by atoms with van der Waals surface area (Å²) < 4.78 is 7.02. The van der Waals surface area contributed by atoms with E-state index in [1.165, 1.54) is 3.57 Å². The highest BCUT2D eigenvalue weighted by Crippen LogP contribution is 2.19. The van der Waals surface area contributed by atoms with E-state index in [0.29, 0.717) is 6.61 Å². The summed E-state index contributed by atoms with van der Waals surface area (Å²) in [5.41, 5.74) is 2.12. The smallest absolute Gasteiger partial charge is 0.119 e. The van der Waals surface area contributed by atoms with Gasteiger partial charge in [0.1, 0.15) is 12.4 Å². The second-order valence-corrected chi connectivity index (χ2v) is 5.48. The number of fused-ring (bicyclic) bond motifs is 1. The van der Waals surface area contributed by atoms with E-state index in [0.717, 1.165) is 22.2 Å². The summed E-state index contributed by atoms with van der Waals surface area (Å²) in [7, 11) is 0. The van der Waals surface area contributed by atoms with E-state index in [9.17, 15) is 0 Å². The van der Waals surface area contributed by atoms with Crippen LogP contribution in [0.4, 0.5) is 0 Å². The van der Waals surface area contributed by atoms with Crippen molar-refractivity contribution in [3.63, 3.8) is 0 Å². The predicted molar refractivity (Wildman–Crippen MR) is 85.2 cm³/mol. The maximum atomic E-state index is 5.81. The van der Waals surface area contributed by atoms with Gasteiger partial charge in [0.25, 0.3) is 0 Å². The van der Waals surface area contributed by atoms with Gasteiger partial charge in [-0.15, -0.1) is 0 Å². The SMILES string of the molecule is Ic1ccc(OCc2cccc3cccnc23)cc1. The molecule has 0 radical (unpaired) electrons. The molecule has 3 rings (SSSR count). The number of pyridine rings is 1. The van der Waals surface area contributed by atoms with Crippen molar-refractivity contribution in [1.82, 2.24) is 4.98 Å². The first-order valence-electron chi connectivity index (χ1n) is 6.04. The van der Waals surface area contributed by atoms with Crippen LogP contribution in [0.1, 0.15) is 5.56 Å². The number of ether oxygens (including phenoxy) is 1. The van der Waals surface area contributed by atoms with Crippen LogP contribution < -0.4 is 4.74 Å². The topological polar surface area (TPSA) is 22.1 Å². The molecule has 0 unspecified atom stereocenters. The first kappa shape index (κ1) is 12.4. The second kappa shape index (κ2) is 5.57. The van der Waals surface area contributed by atoms with Gasteiger partial charge in [-0.05, 0) is 52.9 Å². The summed E-state index contributed by atoms with van der Waals surface area (Å²) in [5, 5.41) is 1.14. The number of nitrogens with zero attached hydrogens (tertiary/aromatic N) is 1. The standard InChI is InChI=1S/C16H12INO/c17-14-6-8-15(9-7-14)19-11-13-4-1-3-12-5-2-10-18-16(12)13/h1-10H,11H2. The number of para-hydroxylation sites is 1. The highest BCUT2D eigenvalue weighted by Gasteiger charge is 2.02. The predicted octanol–water partition coefficient (Wildman–Crippen LogP) is 4.42. The van der Waals surface area contributed by atoms with E-state index in [-0.39, 0.29) is 0 Å². The molecule has 19 heavy (non-hydrogen) atoms. The van der Waals surface area contributed by atoms with Crippen LogP contribution >= 0.6 is 22.6 Å². The lowest BCUT2D eigenvalue weighted by Crippen LogP contribution is -1.97. The van der Waals surface area contributed by atoms with Gasteiger partial charge in [0.05, 0.1) is 5.52 Å². The molecule has 0 saturated carbocycles. The van der Waals surface area contributed by atoms with Gasteiger partial charge in [-0.25, -0.2) is 0 Å². The van der Waals surface area contributed by atoms with Gasteiger partial charge < -0.3 is 4.74 Å². The van der Waals surface area contributed by atoms with Gasteiger partial charge in [-0.2, -0.15) is 0 Å². The first-order valence-corrected chi connectivity index (χ1v) is 7.12. The summed E-state index contributed by atoms with van der Waals surface area (Å²) >= 11 is 2.28. The summed E-state index contributed by atoms with van der Waals surface area (Å²) in [6, 6.07) is 18.2. The maximum absolute atomic E-state index is 5.81. The number of halogens is 1. The average Bonchev–Trinajstić information content (AvgIpc) is 2.47. The van der Waals surface area contributed by atoms with Gasteiger partial charge in [-0.1, -0.05) is 24.3 Å². The van der Waals surface area contributed by atoms with E-state index in [1.807, 2.05) is 42.6 Å². The van der Waals surface area contributed by atoms with Gasteiger partial charge in [-0.3, -0.25) is 4.98 Å². The van der Waals surface area contributed by atoms with Gasteiger partial charge in [0.2, 0.25) is 0 Å². The molecule has 0 amide bonds. The fourth-order valence-corrected chi connectivity index (χ4v) is 2.34. The molecule has 3 heteroatoms. The van der Waals surface area contributed by atoms with Crippen molar-refractivity contribution >= 4 is 33.5 Å². The molecule has 2 nitrogen and oxygen atoms in total. The van der Waals surface area contributed by atoms with E-state index in [4.69, 9.17) is 4.74 Å². The van der Waals surface area contributed by atoms with E-state index >= 15 is 0 Å². The third-order valence-corrected chi connectivity index (χ3v) is 3.64. The molecular formula is C16H12INO. The van der Waals surface area contributed by atoms with Crippen LogP contribution in [0.3, 0.4) is 0 Å². The Balaban J connectivity index is 1.84. The Morgan fingerprint density at radius 2 is 1.74 bits per heavy atom. The van der Waals surface area contributed by atoms with Crippen molar-refractivity contribution in [1.29, 1.82) is 0 Å². The molecule has 0 aliphatic heterocycles. The van der Waals surface area contributed by atoms with Crippen LogP contribution in [0.25, 0.3) is 10.9 Å². The van der Waals surface area contributed by atoms with Crippen molar-refractivity contribution in [2.45, 2.75) is 6.61 Å². The summed E-state index contributed by atoms with van der Waals surface area (Å²) in [4.78, 5) is 4.43. The number of hydrogen-bond donors (Lipinski definition) is 0. The third kappa shape index (κ3) is 2.87. The Morgan fingerprint density at radius 3 is 2.58 bits per heavy atom. The van der Waals surface area contributed by atoms with E-state index < -0.39 is 0 Å². The van der Waals surface area contributed by atoms with Gasteiger partial charge >= 0.3 is 0 Å². The van der Waals surface area contributed by atoms with Crippen molar-refractivity contribution in [3.8, 4) is 5.75 Å². The summed E-state index contributed by atoms with van der Waals surface area (Å²) in [6.07, 6.45) is 1.82. The third-order valence-electron chi connectivity index (χ3n) is 2.92. The molecule has 0 spiro atoms. The number of benzene rings is 2.